The molecular weight excluding hydrogens is 288 g/mol. The van der Waals surface area contributed by atoms with E-state index in [0.717, 1.165) is 19.4 Å². The summed E-state index contributed by atoms with van der Waals surface area (Å²) in [4.78, 5) is 14.5. The number of thiophene rings is 1. The summed E-state index contributed by atoms with van der Waals surface area (Å²) in [7, 11) is 0. The highest BCUT2D eigenvalue weighted by Gasteiger charge is 2.29. The van der Waals surface area contributed by atoms with Crippen LogP contribution in [0.3, 0.4) is 0 Å². The number of aromatic nitrogens is 2. The van der Waals surface area contributed by atoms with Crippen LogP contribution in [-0.4, -0.2) is 26.1 Å². The van der Waals surface area contributed by atoms with Gasteiger partial charge in [-0.2, -0.15) is 5.10 Å². The van der Waals surface area contributed by atoms with Crippen molar-refractivity contribution in [3.8, 4) is 0 Å². The zero-order valence-corrected chi connectivity index (χ0v) is 13.0. The molecule has 1 atom stereocenters. The molecule has 0 bridgehead atoms. The van der Waals surface area contributed by atoms with Crippen LogP contribution >= 0.6 is 11.3 Å². The van der Waals surface area contributed by atoms with Gasteiger partial charge in [0, 0.05) is 17.5 Å². The van der Waals surface area contributed by atoms with E-state index in [2.05, 4.69) is 27.5 Å². The van der Waals surface area contributed by atoms with E-state index in [1.807, 2.05) is 0 Å². The number of rotatable bonds is 4. The van der Waals surface area contributed by atoms with E-state index in [-0.39, 0.29) is 10.6 Å². The first-order valence-corrected chi connectivity index (χ1v) is 7.91. The molecule has 0 unspecified atom stereocenters. The first-order chi connectivity index (χ1) is 10.1. The third-order valence-electron chi connectivity index (χ3n) is 4.08. The SMILES string of the molecule is Cc1nn(CN2CCC[C@H]2c2cccs2)c(C)c1[N+](=O)[O-]. The molecule has 112 valence electrons. The van der Waals surface area contributed by atoms with Gasteiger partial charge in [0.15, 0.2) is 0 Å². The number of hydrogen-bond acceptors (Lipinski definition) is 5. The number of likely N-dealkylation sites (tertiary alicyclic amines) is 1. The third kappa shape index (κ3) is 2.58. The Labute approximate surface area is 127 Å². The van der Waals surface area contributed by atoms with Gasteiger partial charge in [-0.05, 0) is 38.1 Å². The molecule has 1 aliphatic rings. The van der Waals surface area contributed by atoms with Crippen LogP contribution in [0, 0.1) is 24.0 Å². The third-order valence-corrected chi connectivity index (χ3v) is 5.05. The molecule has 3 rings (SSSR count). The lowest BCUT2D eigenvalue weighted by Gasteiger charge is -2.23. The maximum atomic E-state index is 11.1. The minimum atomic E-state index is -0.338. The average molecular weight is 306 g/mol. The number of nitro groups is 1. The van der Waals surface area contributed by atoms with Crippen LogP contribution in [-0.2, 0) is 6.67 Å². The van der Waals surface area contributed by atoms with Gasteiger partial charge in [0.05, 0.1) is 11.6 Å². The van der Waals surface area contributed by atoms with Gasteiger partial charge in [0.25, 0.3) is 0 Å². The van der Waals surface area contributed by atoms with Crippen LogP contribution in [0.4, 0.5) is 5.69 Å². The van der Waals surface area contributed by atoms with Gasteiger partial charge in [-0.25, -0.2) is 4.68 Å². The van der Waals surface area contributed by atoms with Gasteiger partial charge in [0.2, 0.25) is 0 Å². The van der Waals surface area contributed by atoms with E-state index in [9.17, 15) is 10.1 Å². The van der Waals surface area contributed by atoms with E-state index in [1.54, 1.807) is 29.9 Å². The molecule has 0 amide bonds. The molecule has 0 aliphatic carbocycles. The highest BCUT2D eigenvalue weighted by atomic mass is 32.1. The van der Waals surface area contributed by atoms with Gasteiger partial charge in [-0.15, -0.1) is 11.3 Å². The summed E-state index contributed by atoms with van der Waals surface area (Å²) in [5.41, 5.74) is 1.26. The van der Waals surface area contributed by atoms with Gasteiger partial charge < -0.3 is 0 Å². The zero-order chi connectivity index (χ0) is 15.0. The van der Waals surface area contributed by atoms with Crippen molar-refractivity contribution < 1.29 is 4.92 Å². The van der Waals surface area contributed by atoms with Gasteiger partial charge in [0.1, 0.15) is 11.4 Å². The van der Waals surface area contributed by atoms with Crippen molar-refractivity contribution in [2.45, 2.75) is 39.4 Å². The van der Waals surface area contributed by atoms with E-state index in [4.69, 9.17) is 0 Å². The largest absolute Gasteiger partial charge is 0.312 e. The fraction of sp³-hybridized carbons (Fsp3) is 0.500. The number of hydrogen-bond donors (Lipinski definition) is 0. The van der Waals surface area contributed by atoms with Crippen molar-refractivity contribution in [1.29, 1.82) is 0 Å². The molecule has 0 saturated carbocycles. The monoisotopic (exact) mass is 306 g/mol. The summed E-state index contributed by atoms with van der Waals surface area (Å²) in [6.07, 6.45) is 2.30. The lowest BCUT2D eigenvalue weighted by molar-refractivity contribution is -0.386. The summed E-state index contributed by atoms with van der Waals surface area (Å²) in [6.45, 7) is 5.09. The number of aryl methyl sites for hydroxylation is 1. The Balaban J connectivity index is 1.83. The summed E-state index contributed by atoms with van der Waals surface area (Å²) in [5.74, 6) is 0. The summed E-state index contributed by atoms with van der Waals surface area (Å²) < 4.78 is 1.76. The standard InChI is InChI=1S/C14H18N4O2S/c1-10-14(18(19)20)11(2)17(15-10)9-16-7-3-5-12(16)13-6-4-8-21-13/h4,6,8,12H,3,5,7,9H2,1-2H3/t12-/m0/s1. The van der Waals surface area contributed by atoms with Crippen LogP contribution in [0.25, 0.3) is 0 Å². The van der Waals surface area contributed by atoms with E-state index >= 15 is 0 Å². The predicted molar refractivity (Wildman–Crippen MR) is 81.4 cm³/mol. The van der Waals surface area contributed by atoms with Gasteiger partial charge in [-0.3, -0.25) is 15.0 Å². The van der Waals surface area contributed by atoms with Gasteiger partial charge in [-0.1, -0.05) is 6.07 Å². The van der Waals surface area contributed by atoms with Crippen LogP contribution < -0.4 is 0 Å². The molecule has 1 fully saturated rings. The minimum Gasteiger partial charge on any atom is -0.276 e. The van der Waals surface area contributed by atoms with Crippen molar-refractivity contribution in [3.05, 3.63) is 43.9 Å². The fourth-order valence-corrected chi connectivity index (χ4v) is 3.96. The molecule has 0 radical (unpaired) electrons. The number of nitrogens with zero attached hydrogens (tertiary/aromatic N) is 4. The Morgan fingerprint density at radius 3 is 2.95 bits per heavy atom. The Bertz CT molecular complexity index is 650. The minimum absolute atomic E-state index is 0.141. The Kier molecular flexibility index (Phi) is 3.77. The summed E-state index contributed by atoms with van der Waals surface area (Å²) >= 11 is 1.77. The van der Waals surface area contributed by atoms with E-state index < -0.39 is 0 Å². The molecule has 2 aromatic rings. The maximum absolute atomic E-state index is 11.1. The fourth-order valence-electron chi connectivity index (χ4n) is 3.06. The Morgan fingerprint density at radius 2 is 2.33 bits per heavy atom. The topological polar surface area (TPSA) is 64.2 Å². The van der Waals surface area contributed by atoms with Crippen LogP contribution in [0.2, 0.25) is 0 Å². The Morgan fingerprint density at radius 1 is 1.52 bits per heavy atom. The van der Waals surface area contributed by atoms with E-state index in [1.165, 1.54) is 4.88 Å². The Hall–Kier alpha value is -1.73. The highest BCUT2D eigenvalue weighted by molar-refractivity contribution is 7.10. The molecule has 6 nitrogen and oxygen atoms in total. The molecule has 7 heteroatoms. The molecule has 1 aliphatic heterocycles. The van der Waals surface area contributed by atoms with Crippen LogP contribution in [0.5, 0.6) is 0 Å². The molecule has 0 spiro atoms. The summed E-state index contributed by atoms with van der Waals surface area (Å²) in [6, 6.07) is 4.65. The van der Waals surface area contributed by atoms with Crippen LogP contribution in [0.1, 0.15) is 35.1 Å². The molecule has 3 heterocycles. The highest BCUT2D eigenvalue weighted by Crippen LogP contribution is 2.35. The van der Waals surface area contributed by atoms with Crippen molar-refractivity contribution >= 4 is 17.0 Å². The van der Waals surface area contributed by atoms with Crippen LogP contribution in [0.15, 0.2) is 17.5 Å². The molecule has 0 aromatic carbocycles. The first-order valence-electron chi connectivity index (χ1n) is 7.03. The maximum Gasteiger partial charge on any atom is 0.312 e. The zero-order valence-electron chi connectivity index (χ0n) is 12.2. The second-order valence-corrected chi connectivity index (χ2v) is 6.38. The molecule has 0 N–H and O–H groups in total. The molecule has 2 aromatic heterocycles. The first kappa shape index (κ1) is 14.2. The van der Waals surface area contributed by atoms with E-state index in [0.29, 0.717) is 24.1 Å². The molecule has 1 saturated heterocycles. The van der Waals surface area contributed by atoms with Crippen molar-refractivity contribution in [3.63, 3.8) is 0 Å². The smallest absolute Gasteiger partial charge is 0.276 e. The molecular formula is C14H18N4O2S. The molecule has 21 heavy (non-hydrogen) atoms. The lowest BCUT2D eigenvalue weighted by Crippen LogP contribution is -2.27. The lowest BCUT2D eigenvalue weighted by atomic mass is 10.2. The quantitative estimate of drug-likeness (QED) is 0.642. The average Bonchev–Trinajstić information content (AvgIpc) is 3.11. The van der Waals surface area contributed by atoms with Crippen molar-refractivity contribution in [2.75, 3.05) is 6.54 Å². The second-order valence-electron chi connectivity index (χ2n) is 5.40. The second kappa shape index (κ2) is 5.57. The van der Waals surface area contributed by atoms with Crippen molar-refractivity contribution in [2.24, 2.45) is 0 Å². The van der Waals surface area contributed by atoms with Gasteiger partial charge >= 0.3 is 5.69 Å². The summed E-state index contributed by atoms with van der Waals surface area (Å²) in [5, 5.41) is 17.5. The van der Waals surface area contributed by atoms with Crippen molar-refractivity contribution in [1.82, 2.24) is 14.7 Å². The predicted octanol–water partition coefficient (Wildman–Crippen LogP) is 3.26. The normalized spacial score (nSPS) is 19.2.